The first-order valence-corrected chi connectivity index (χ1v) is 9.07. The van der Waals surface area contributed by atoms with Crippen LogP contribution in [-0.4, -0.2) is 30.6 Å². The zero-order chi connectivity index (χ0) is 16.1. The van der Waals surface area contributed by atoms with Crippen molar-refractivity contribution in [3.8, 4) is 0 Å². The molecule has 0 bridgehead atoms. The molecule has 122 valence electrons. The number of halogens is 1. The number of rotatable bonds is 8. The van der Waals surface area contributed by atoms with Gasteiger partial charge in [-0.2, -0.15) is 0 Å². The molecular weight excluding hydrogens is 300 g/mol. The molecule has 0 aliphatic heterocycles. The van der Waals surface area contributed by atoms with E-state index in [1.54, 1.807) is 11.3 Å². The van der Waals surface area contributed by atoms with Crippen LogP contribution < -0.4 is 5.32 Å². The molecule has 0 saturated heterocycles. The molecule has 0 aromatic carbocycles. The van der Waals surface area contributed by atoms with E-state index in [0.29, 0.717) is 5.41 Å². The molecule has 2 nitrogen and oxygen atoms in total. The van der Waals surface area contributed by atoms with E-state index in [1.807, 2.05) is 6.07 Å². The van der Waals surface area contributed by atoms with Gasteiger partial charge in [-0.15, -0.1) is 11.3 Å². The van der Waals surface area contributed by atoms with Gasteiger partial charge in [-0.3, -0.25) is 0 Å². The highest BCUT2D eigenvalue weighted by Crippen LogP contribution is 2.29. The molecule has 1 rings (SSSR count). The summed E-state index contributed by atoms with van der Waals surface area (Å²) in [6.07, 6.45) is 2.39. The van der Waals surface area contributed by atoms with Gasteiger partial charge in [0.25, 0.3) is 0 Å². The van der Waals surface area contributed by atoms with Crippen LogP contribution in [0.4, 0.5) is 0 Å². The third-order valence-electron chi connectivity index (χ3n) is 4.15. The zero-order valence-electron chi connectivity index (χ0n) is 14.4. The second-order valence-corrected chi connectivity index (χ2v) is 8.99. The minimum absolute atomic E-state index is 0.176. The number of hydrogen-bond acceptors (Lipinski definition) is 3. The zero-order valence-corrected chi connectivity index (χ0v) is 16.0. The van der Waals surface area contributed by atoms with Gasteiger partial charge in [0, 0.05) is 30.1 Å². The van der Waals surface area contributed by atoms with Crippen LogP contribution in [0.3, 0.4) is 0 Å². The number of nitrogens with zero attached hydrogens (tertiary/aromatic N) is 1. The van der Waals surface area contributed by atoms with Crippen molar-refractivity contribution >= 4 is 22.9 Å². The average Bonchev–Trinajstić information content (AvgIpc) is 2.79. The van der Waals surface area contributed by atoms with E-state index in [0.717, 1.165) is 24.0 Å². The fourth-order valence-electron chi connectivity index (χ4n) is 2.56. The standard InChI is InChI=1S/C17H31ClN2S/c1-7-17(8-2,12-19-16(3,4)5)13-20(6)11-14-9-10-15(18)21-14/h9-10,19H,7-8,11-13H2,1-6H3. The normalized spacial score (nSPS) is 13.1. The van der Waals surface area contributed by atoms with E-state index in [9.17, 15) is 0 Å². The Bertz CT molecular complexity index is 419. The van der Waals surface area contributed by atoms with E-state index < -0.39 is 0 Å². The second kappa shape index (κ2) is 7.96. The molecule has 21 heavy (non-hydrogen) atoms. The van der Waals surface area contributed by atoms with E-state index in [1.165, 1.54) is 17.7 Å². The van der Waals surface area contributed by atoms with E-state index >= 15 is 0 Å². The van der Waals surface area contributed by atoms with Gasteiger partial charge in [-0.05, 0) is 58.2 Å². The highest BCUT2D eigenvalue weighted by atomic mass is 35.5. The Morgan fingerprint density at radius 2 is 1.81 bits per heavy atom. The molecule has 0 fully saturated rings. The van der Waals surface area contributed by atoms with Gasteiger partial charge in [0.1, 0.15) is 0 Å². The Morgan fingerprint density at radius 1 is 1.19 bits per heavy atom. The van der Waals surface area contributed by atoms with Crippen molar-refractivity contribution in [1.29, 1.82) is 0 Å². The molecule has 0 atom stereocenters. The fourth-order valence-corrected chi connectivity index (χ4v) is 3.73. The van der Waals surface area contributed by atoms with Gasteiger partial charge in [0.15, 0.2) is 0 Å². The first kappa shape index (κ1) is 19.0. The van der Waals surface area contributed by atoms with Gasteiger partial charge in [-0.25, -0.2) is 0 Å². The molecular formula is C17H31ClN2S. The number of hydrogen-bond donors (Lipinski definition) is 1. The van der Waals surface area contributed by atoms with Crippen LogP contribution in [0.5, 0.6) is 0 Å². The topological polar surface area (TPSA) is 15.3 Å². The molecule has 0 aliphatic carbocycles. The van der Waals surface area contributed by atoms with Crippen molar-refractivity contribution in [1.82, 2.24) is 10.2 Å². The first-order chi connectivity index (χ1) is 9.69. The Labute approximate surface area is 139 Å². The van der Waals surface area contributed by atoms with Crippen LogP contribution in [-0.2, 0) is 6.54 Å². The lowest BCUT2D eigenvalue weighted by atomic mass is 9.81. The molecule has 0 radical (unpaired) electrons. The summed E-state index contributed by atoms with van der Waals surface area (Å²) in [5, 5.41) is 3.69. The summed E-state index contributed by atoms with van der Waals surface area (Å²) in [6.45, 7) is 14.5. The lowest BCUT2D eigenvalue weighted by Crippen LogP contribution is -2.47. The average molecular weight is 331 g/mol. The van der Waals surface area contributed by atoms with Crippen LogP contribution in [0, 0.1) is 5.41 Å². The lowest BCUT2D eigenvalue weighted by molar-refractivity contribution is 0.141. The van der Waals surface area contributed by atoms with Crippen LogP contribution in [0.15, 0.2) is 12.1 Å². The van der Waals surface area contributed by atoms with Crippen molar-refractivity contribution in [3.63, 3.8) is 0 Å². The van der Waals surface area contributed by atoms with Crippen molar-refractivity contribution < 1.29 is 0 Å². The summed E-state index contributed by atoms with van der Waals surface area (Å²) in [7, 11) is 2.21. The molecule has 0 amide bonds. The van der Waals surface area contributed by atoms with Gasteiger partial charge >= 0.3 is 0 Å². The highest BCUT2D eigenvalue weighted by molar-refractivity contribution is 7.16. The molecule has 1 aromatic heterocycles. The Hall–Kier alpha value is -0.0900. The molecule has 1 N–H and O–H groups in total. The summed E-state index contributed by atoms with van der Waals surface area (Å²) in [4.78, 5) is 3.77. The third-order valence-corrected chi connectivity index (χ3v) is 5.37. The smallest absolute Gasteiger partial charge is 0.0931 e. The largest absolute Gasteiger partial charge is 0.311 e. The molecule has 1 aromatic rings. The van der Waals surface area contributed by atoms with E-state index in [2.05, 4.69) is 57.9 Å². The van der Waals surface area contributed by atoms with E-state index in [-0.39, 0.29) is 5.54 Å². The number of nitrogens with one attached hydrogen (secondary N) is 1. The summed E-state index contributed by atoms with van der Waals surface area (Å²) >= 11 is 7.70. The van der Waals surface area contributed by atoms with E-state index in [4.69, 9.17) is 11.6 Å². The summed E-state index contributed by atoms with van der Waals surface area (Å²) in [6, 6.07) is 4.12. The molecule has 0 aliphatic rings. The molecule has 0 unspecified atom stereocenters. The van der Waals surface area contributed by atoms with Gasteiger partial charge in [-0.1, -0.05) is 25.4 Å². The predicted octanol–water partition coefficient (Wildman–Crippen LogP) is 5.03. The maximum Gasteiger partial charge on any atom is 0.0931 e. The SMILES string of the molecule is CCC(CC)(CNC(C)(C)C)CN(C)Cc1ccc(Cl)s1. The van der Waals surface area contributed by atoms with Crippen LogP contribution in [0.25, 0.3) is 0 Å². The van der Waals surface area contributed by atoms with Gasteiger partial charge < -0.3 is 10.2 Å². The van der Waals surface area contributed by atoms with Gasteiger partial charge in [0.2, 0.25) is 0 Å². The summed E-state index contributed by atoms with van der Waals surface area (Å²) in [5.74, 6) is 0. The fraction of sp³-hybridized carbons (Fsp3) is 0.765. The van der Waals surface area contributed by atoms with Crippen molar-refractivity contribution in [2.75, 3.05) is 20.1 Å². The maximum atomic E-state index is 6.02. The first-order valence-electron chi connectivity index (χ1n) is 7.87. The molecule has 0 spiro atoms. The summed E-state index contributed by atoms with van der Waals surface area (Å²) < 4.78 is 0.880. The Morgan fingerprint density at radius 3 is 2.24 bits per heavy atom. The number of thiophene rings is 1. The minimum atomic E-state index is 0.176. The molecule has 4 heteroatoms. The third kappa shape index (κ3) is 6.68. The Kier molecular flexibility index (Phi) is 7.18. The molecule has 0 saturated carbocycles. The van der Waals surface area contributed by atoms with Crippen LogP contribution >= 0.6 is 22.9 Å². The minimum Gasteiger partial charge on any atom is -0.311 e. The lowest BCUT2D eigenvalue weighted by Gasteiger charge is -2.38. The predicted molar refractivity (Wildman–Crippen MR) is 96.4 cm³/mol. The molecule has 1 heterocycles. The van der Waals surface area contributed by atoms with Gasteiger partial charge in [0.05, 0.1) is 4.34 Å². The highest BCUT2D eigenvalue weighted by Gasteiger charge is 2.29. The summed E-state index contributed by atoms with van der Waals surface area (Å²) in [5.41, 5.74) is 0.512. The van der Waals surface area contributed by atoms with Crippen molar-refractivity contribution in [3.05, 3.63) is 21.3 Å². The second-order valence-electron chi connectivity index (χ2n) is 7.19. The van der Waals surface area contributed by atoms with Crippen LogP contribution in [0.1, 0.15) is 52.3 Å². The van der Waals surface area contributed by atoms with Crippen molar-refractivity contribution in [2.24, 2.45) is 5.41 Å². The van der Waals surface area contributed by atoms with Crippen molar-refractivity contribution in [2.45, 2.75) is 59.5 Å². The Balaban J connectivity index is 2.63. The van der Waals surface area contributed by atoms with Crippen LogP contribution in [0.2, 0.25) is 4.34 Å². The maximum absolute atomic E-state index is 6.02. The monoisotopic (exact) mass is 330 g/mol. The quantitative estimate of drug-likeness (QED) is 0.719.